The highest BCUT2D eigenvalue weighted by atomic mass is 32.3. The lowest BCUT2D eigenvalue weighted by Gasteiger charge is -2.40. The second-order valence-corrected chi connectivity index (χ2v) is 18.3. The number of ether oxygens (including phenoxy) is 2. The van der Waals surface area contributed by atoms with Crippen molar-refractivity contribution in [1.82, 2.24) is 0 Å². The smallest absolute Gasteiger partial charge is 0.338 e. The molecule has 0 heterocycles. The molecular weight excluding hydrogens is 528 g/mol. The van der Waals surface area contributed by atoms with Crippen molar-refractivity contribution in [2.24, 2.45) is 5.41 Å². The predicted octanol–water partition coefficient (Wildman–Crippen LogP) is 9.49. The number of benzene rings is 2. The van der Waals surface area contributed by atoms with Crippen molar-refractivity contribution in [2.45, 2.75) is 112 Å². The van der Waals surface area contributed by atoms with Crippen molar-refractivity contribution < 1.29 is 19.4 Å². The Morgan fingerprint density at radius 3 is 1.63 bits per heavy atom. The average Bonchev–Trinajstić information content (AvgIpc) is 2.88. The van der Waals surface area contributed by atoms with E-state index in [9.17, 15) is 9.90 Å². The fraction of sp³-hybridized carbons (Fsp3) is 0.639. The summed E-state index contributed by atoms with van der Waals surface area (Å²) in [6, 6.07) is 12.4. The summed E-state index contributed by atoms with van der Waals surface area (Å²) < 4.78 is 11.4. The third-order valence-corrected chi connectivity index (χ3v) is 12.0. The summed E-state index contributed by atoms with van der Waals surface area (Å²) in [6.45, 7) is 25.6. The predicted molar refractivity (Wildman–Crippen MR) is 182 cm³/mol. The van der Waals surface area contributed by atoms with E-state index in [0.29, 0.717) is 10.3 Å². The molecule has 0 aliphatic rings. The van der Waals surface area contributed by atoms with Gasteiger partial charge in [0.25, 0.3) is 0 Å². The number of carbonyl (C=O) groups excluding carboxylic acids is 1. The first-order valence-corrected chi connectivity index (χ1v) is 17.9. The van der Waals surface area contributed by atoms with Crippen molar-refractivity contribution >= 4 is 16.0 Å². The normalized spacial score (nSPS) is 13.2. The van der Waals surface area contributed by atoms with Gasteiger partial charge < -0.3 is 14.6 Å². The number of aliphatic hydroxyl groups is 1. The zero-order chi connectivity index (χ0) is 32.4. The van der Waals surface area contributed by atoms with Crippen LogP contribution in [0.4, 0.5) is 0 Å². The molecule has 5 heteroatoms. The van der Waals surface area contributed by atoms with Gasteiger partial charge in [0.05, 0.1) is 18.8 Å². The Hall–Kier alpha value is -1.98. The number of carbonyl (C=O) groups is 1. The monoisotopic (exact) mass is 590 g/mol. The van der Waals surface area contributed by atoms with Crippen LogP contribution in [0.15, 0.2) is 36.4 Å². The SMILES string of the molecule is CC.CC(C)(C)S(C)(C)C.CCC(CC)(c1ccc(OCC(O)C(C)(C)C)c(C)c1)c1ccc(C(=O)OC)c(C)c1. The molecule has 0 fully saturated rings. The van der Waals surface area contributed by atoms with Crippen LogP contribution in [-0.2, 0) is 10.2 Å². The van der Waals surface area contributed by atoms with Gasteiger partial charge in [0.2, 0.25) is 0 Å². The van der Waals surface area contributed by atoms with E-state index in [0.717, 1.165) is 29.7 Å². The maximum Gasteiger partial charge on any atom is 0.338 e. The summed E-state index contributed by atoms with van der Waals surface area (Å²) in [4.78, 5) is 12.0. The maximum absolute atomic E-state index is 12.0. The van der Waals surface area contributed by atoms with Crippen molar-refractivity contribution in [1.29, 1.82) is 0 Å². The lowest BCUT2D eigenvalue weighted by molar-refractivity contribution is 0.0216. The first-order chi connectivity index (χ1) is 18.7. The van der Waals surface area contributed by atoms with Gasteiger partial charge in [-0.2, -0.15) is 0 Å². The van der Waals surface area contributed by atoms with Gasteiger partial charge in [-0.1, -0.05) is 93.5 Å². The van der Waals surface area contributed by atoms with Crippen molar-refractivity contribution in [3.63, 3.8) is 0 Å². The fourth-order valence-corrected chi connectivity index (χ4v) is 4.06. The van der Waals surface area contributed by atoms with Gasteiger partial charge in [-0.25, -0.2) is 14.8 Å². The number of aliphatic hydroxyl groups excluding tert-OH is 1. The van der Waals surface area contributed by atoms with Gasteiger partial charge in [0.15, 0.2) is 0 Å². The quantitative estimate of drug-likeness (QED) is 0.311. The van der Waals surface area contributed by atoms with Crippen LogP contribution in [0.1, 0.15) is 115 Å². The van der Waals surface area contributed by atoms with Crippen molar-refractivity contribution in [3.05, 3.63) is 64.2 Å². The van der Waals surface area contributed by atoms with Crippen LogP contribution in [0, 0.1) is 19.3 Å². The number of aryl methyl sites for hydroxylation is 2. The molecule has 236 valence electrons. The van der Waals surface area contributed by atoms with E-state index in [1.807, 2.05) is 66.7 Å². The molecule has 0 radical (unpaired) electrons. The van der Waals surface area contributed by atoms with E-state index in [1.165, 1.54) is 18.2 Å². The standard InChI is InChI=1S/C27H38O4.C7H18S.C2H6/c1-9-27(10-2,20-11-13-22(18(3)15-20)25(29)30-8)21-12-14-23(19(4)16-21)31-17-24(28)26(5,6)7;1-7(2,3)8(4,5)6;1-2/h11-16,24,28H,9-10,17H2,1-8H3;1-6H3;1-2H3. The Kier molecular flexibility index (Phi) is 15.3. The van der Waals surface area contributed by atoms with Gasteiger partial charge in [0, 0.05) is 5.41 Å². The van der Waals surface area contributed by atoms with Crippen LogP contribution in [0.5, 0.6) is 5.75 Å². The molecule has 2 aromatic carbocycles. The minimum absolute atomic E-state index is 0.159. The number of hydrogen-bond acceptors (Lipinski definition) is 4. The van der Waals surface area contributed by atoms with Gasteiger partial charge in [0.1, 0.15) is 12.4 Å². The van der Waals surface area contributed by atoms with E-state index in [2.05, 4.69) is 71.6 Å². The minimum Gasteiger partial charge on any atom is -0.491 e. The highest BCUT2D eigenvalue weighted by molar-refractivity contribution is 8.33. The number of esters is 1. The second kappa shape index (κ2) is 16.0. The number of methoxy groups -OCH3 is 1. The molecule has 0 amide bonds. The summed E-state index contributed by atoms with van der Waals surface area (Å²) in [5, 5.41) is 10.3. The molecule has 1 N–H and O–H groups in total. The van der Waals surface area contributed by atoms with Crippen molar-refractivity contribution in [3.8, 4) is 5.75 Å². The molecule has 0 aromatic heterocycles. The molecule has 41 heavy (non-hydrogen) atoms. The van der Waals surface area contributed by atoms with E-state index in [-0.39, 0.29) is 33.4 Å². The molecule has 1 unspecified atom stereocenters. The number of rotatable bonds is 8. The van der Waals surface area contributed by atoms with Crippen molar-refractivity contribution in [2.75, 3.05) is 32.5 Å². The Morgan fingerprint density at radius 2 is 1.29 bits per heavy atom. The Bertz CT molecular complexity index is 1070. The Balaban J connectivity index is 0.00000138. The van der Waals surface area contributed by atoms with Gasteiger partial charge in [-0.15, -0.1) is 0 Å². The molecule has 0 aliphatic carbocycles. The summed E-state index contributed by atoms with van der Waals surface area (Å²) in [7, 11) is 1.07. The summed E-state index contributed by atoms with van der Waals surface area (Å²) >= 11 is 0. The number of hydrogen-bond donors (Lipinski definition) is 1. The molecule has 0 saturated heterocycles. The highest BCUT2D eigenvalue weighted by Gasteiger charge is 2.32. The molecule has 4 nitrogen and oxygen atoms in total. The first kappa shape index (κ1) is 39.0. The van der Waals surface area contributed by atoms with Gasteiger partial charge >= 0.3 is 5.97 Å². The molecule has 0 saturated carbocycles. The van der Waals surface area contributed by atoms with E-state index in [1.54, 1.807) is 0 Å². The largest absolute Gasteiger partial charge is 0.491 e. The summed E-state index contributed by atoms with van der Waals surface area (Å²) in [6.07, 6.45) is 8.40. The van der Waals surface area contributed by atoms with Crippen LogP contribution >= 0.6 is 10.0 Å². The third kappa shape index (κ3) is 10.7. The fourth-order valence-electron chi connectivity index (χ4n) is 4.06. The Morgan fingerprint density at radius 1 is 0.854 bits per heavy atom. The third-order valence-electron chi connectivity index (χ3n) is 8.35. The van der Waals surface area contributed by atoms with Gasteiger partial charge in [-0.3, -0.25) is 0 Å². The van der Waals surface area contributed by atoms with E-state index < -0.39 is 6.10 Å². The maximum atomic E-state index is 12.0. The highest BCUT2D eigenvalue weighted by Crippen LogP contribution is 2.48. The zero-order valence-electron chi connectivity index (χ0n) is 29.2. The van der Waals surface area contributed by atoms with Crippen LogP contribution in [-0.4, -0.2) is 54.4 Å². The molecule has 1 atom stereocenters. The lowest BCUT2D eigenvalue weighted by atomic mass is 9.70. The zero-order valence-corrected chi connectivity index (χ0v) is 30.1. The summed E-state index contributed by atoms with van der Waals surface area (Å²) in [5.41, 5.74) is 4.61. The molecule has 0 bridgehead atoms. The van der Waals surface area contributed by atoms with Crippen LogP contribution in [0.3, 0.4) is 0 Å². The van der Waals surface area contributed by atoms with Crippen LogP contribution in [0.2, 0.25) is 0 Å². The average molecular weight is 591 g/mol. The Labute approximate surface area is 255 Å². The van der Waals surface area contributed by atoms with Crippen LogP contribution < -0.4 is 4.74 Å². The second-order valence-electron chi connectivity index (χ2n) is 13.4. The molecule has 2 rings (SSSR count). The topological polar surface area (TPSA) is 55.8 Å². The summed E-state index contributed by atoms with van der Waals surface area (Å²) in [5.74, 6) is 0.489. The molecule has 2 aromatic rings. The van der Waals surface area contributed by atoms with E-state index >= 15 is 0 Å². The first-order valence-electron chi connectivity index (χ1n) is 15.0. The van der Waals surface area contributed by atoms with E-state index in [4.69, 9.17) is 9.47 Å². The molecule has 0 spiro atoms. The molecular formula is C36H62O4S. The minimum atomic E-state index is -0.534. The molecule has 0 aliphatic heterocycles. The van der Waals surface area contributed by atoms with Gasteiger partial charge in [-0.05, 0) is 90.0 Å². The van der Waals surface area contributed by atoms with Crippen LogP contribution in [0.25, 0.3) is 0 Å². The lowest BCUT2D eigenvalue weighted by Crippen LogP contribution is -2.32.